The molecule has 0 radical (unpaired) electrons. The Labute approximate surface area is 108 Å². The second kappa shape index (κ2) is 6.94. The van der Waals surface area contributed by atoms with Crippen molar-refractivity contribution in [2.75, 3.05) is 6.61 Å². The zero-order chi connectivity index (χ0) is 13.5. The molecule has 0 unspecified atom stereocenters. The smallest absolute Gasteiger partial charge is 0.305 e. The van der Waals surface area contributed by atoms with Crippen LogP contribution in [0.4, 0.5) is 0 Å². The van der Waals surface area contributed by atoms with Crippen LogP contribution in [0.15, 0.2) is 18.2 Å². The SMILES string of the molecule is CCOC(=O)CCCC(=O)c1ccc(C)cc1C. The fourth-order valence-electron chi connectivity index (χ4n) is 1.89. The quantitative estimate of drug-likeness (QED) is 0.573. The number of carbonyl (C=O) groups is 2. The second-order valence-electron chi connectivity index (χ2n) is 4.40. The largest absolute Gasteiger partial charge is 0.466 e. The number of ketones is 1. The summed E-state index contributed by atoms with van der Waals surface area (Å²) in [5.41, 5.74) is 2.90. The first-order chi connectivity index (χ1) is 8.54. The lowest BCUT2D eigenvalue weighted by atomic mass is 9.99. The number of hydrogen-bond acceptors (Lipinski definition) is 3. The van der Waals surface area contributed by atoms with Crippen molar-refractivity contribution < 1.29 is 14.3 Å². The highest BCUT2D eigenvalue weighted by molar-refractivity contribution is 5.97. The first kappa shape index (κ1) is 14.4. The van der Waals surface area contributed by atoms with E-state index in [1.807, 2.05) is 32.0 Å². The second-order valence-corrected chi connectivity index (χ2v) is 4.40. The molecule has 0 heterocycles. The van der Waals surface area contributed by atoms with Gasteiger partial charge in [-0.1, -0.05) is 23.8 Å². The summed E-state index contributed by atoms with van der Waals surface area (Å²) in [4.78, 5) is 23.1. The fraction of sp³-hybridized carbons (Fsp3) is 0.467. The highest BCUT2D eigenvalue weighted by atomic mass is 16.5. The molecule has 98 valence electrons. The maximum atomic E-state index is 12.0. The van der Waals surface area contributed by atoms with E-state index >= 15 is 0 Å². The van der Waals surface area contributed by atoms with Gasteiger partial charge in [0.1, 0.15) is 0 Å². The highest BCUT2D eigenvalue weighted by Gasteiger charge is 2.10. The van der Waals surface area contributed by atoms with E-state index in [4.69, 9.17) is 4.74 Å². The molecule has 0 fully saturated rings. The molecule has 0 N–H and O–H groups in total. The number of aryl methyl sites for hydroxylation is 2. The maximum absolute atomic E-state index is 12.0. The van der Waals surface area contributed by atoms with Gasteiger partial charge in [0.25, 0.3) is 0 Å². The molecule has 0 aliphatic rings. The van der Waals surface area contributed by atoms with Crippen LogP contribution in [0.25, 0.3) is 0 Å². The Balaban J connectivity index is 2.48. The average molecular weight is 248 g/mol. The van der Waals surface area contributed by atoms with E-state index in [1.165, 1.54) is 0 Å². The van der Waals surface area contributed by atoms with Crippen molar-refractivity contribution in [2.45, 2.75) is 40.0 Å². The molecule has 0 amide bonds. The van der Waals surface area contributed by atoms with Crippen LogP contribution in [0, 0.1) is 13.8 Å². The summed E-state index contributed by atoms with van der Waals surface area (Å²) < 4.78 is 4.82. The lowest BCUT2D eigenvalue weighted by Gasteiger charge is -2.06. The van der Waals surface area contributed by atoms with Crippen molar-refractivity contribution in [3.63, 3.8) is 0 Å². The molecule has 0 bridgehead atoms. The van der Waals surface area contributed by atoms with Crippen molar-refractivity contribution in [3.05, 3.63) is 34.9 Å². The van der Waals surface area contributed by atoms with Gasteiger partial charge < -0.3 is 4.74 Å². The summed E-state index contributed by atoms with van der Waals surface area (Å²) in [6.45, 7) is 6.11. The Morgan fingerprint density at radius 1 is 1.17 bits per heavy atom. The van der Waals surface area contributed by atoms with E-state index in [1.54, 1.807) is 6.92 Å². The van der Waals surface area contributed by atoms with E-state index in [0.717, 1.165) is 16.7 Å². The predicted molar refractivity (Wildman–Crippen MR) is 70.7 cm³/mol. The first-order valence-electron chi connectivity index (χ1n) is 6.30. The van der Waals surface area contributed by atoms with Gasteiger partial charge in [-0.15, -0.1) is 0 Å². The molecule has 0 saturated heterocycles. The van der Waals surface area contributed by atoms with E-state index in [2.05, 4.69) is 0 Å². The van der Waals surface area contributed by atoms with Crippen LogP contribution in [0.1, 0.15) is 47.7 Å². The summed E-state index contributed by atoms with van der Waals surface area (Å²) in [6.07, 6.45) is 1.25. The molecule has 0 saturated carbocycles. The average Bonchev–Trinajstić information content (AvgIpc) is 2.29. The van der Waals surface area contributed by atoms with Crippen molar-refractivity contribution >= 4 is 11.8 Å². The Morgan fingerprint density at radius 3 is 2.50 bits per heavy atom. The number of esters is 1. The molecule has 1 aromatic carbocycles. The van der Waals surface area contributed by atoms with Crippen LogP contribution in [-0.4, -0.2) is 18.4 Å². The zero-order valence-electron chi connectivity index (χ0n) is 11.3. The Morgan fingerprint density at radius 2 is 1.89 bits per heavy atom. The Kier molecular flexibility index (Phi) is 5.56. The van der Waals surface area contributed by atoms with Crippen LogP contribution in [0.5, 0.6) is 0 Å². The third-order valence-electron chi connectivity index (χ3n) is 2.77. The molecule has 0 atom stereocenters. The predicted octanol–water partition coefficient (Wildman–Crippen LogP) is 3.22. The van der Waals surface area contributed by atoms with Gasteiger partial charge in [-0.3, -0.25) is 9.59 Å². The summed E-state index contributed by atoms with van der Waals surface area (Å²) in [5.74, 6) is -0.136. The van der Waals surface area contributed by atoms with Gasteiger partial charge in [-0.05, 0) is 32.8 Å². The van der Waals surface area contributed by atoms with Crippen LogP contribution in [0.2, 0.25) is 0 Å². The number of benzene rings is 1. The minimum atomic E-state index is -0.231. The van der Waals surface area contributed by atoms with Gasteiger partial charge in [-0.25, -0.2) is 0 Å². The lowest BCUT2D eigenvalue weighted by Crippen LogP contribution is -2.06. The maximum Gasteiger partial charge on any atom is 0.305 e. The third kappa shape index (κ3) is 4.32. The van der Waals surface area contributed by atoms with E-state index in [9.17, 15) is 9.59 Å². The van der Waals surface area contributed by atoms with E-state index in [-0.39, 0.29) is 11.8 Å². The normalized spacial score (nSPS) is 10.2. The van der Waals surface area contributed by atoms with Gasteiger partial charge >= 0.3 is 5.97 Å². The molecule has 3 nitrogen and oxygen atoms in total. The Hall–Kier alpha value is -1.64. The van der Waals surface area contributed by atoms with Crippen molar-refractivity contribution in [1.29, 1.82) is 0 Å². The summed E-state index contributed by atoms with van der Waals surface area (Å²) in [5, 5.41) is 0. The van der Waals surface area contributed by atoms with E-state index < -0.39 is 0 Å². The van der Waals surface area contributed by atoms with E-state index in [0.29, 0.717) is 25.9 Å². The van der Waals surface area contributed by atoms with Gasteiger partial charge in [0.2, 0.25) is 0 Å². The van der Waals surface area contributed by atoms with Gasteiger partial charge in [0.05, 0.1) is 6.61 Å². The minimum absolute atomic E-state index is 0.0943. The molecule has 18 heavy (non-hydrogen) atoms. The molecular formula is C15H20O3. The number of Topliss-reactive ketones (excluding diaryl/α,β-unsaturated/α-hetero) is 1. The fourth-order valence-corrected chi connectivity index (χ4v) is 1.89. The molecule has 1 aromatic rings. The number of rotatable bonds is 6. The lowest BCUT2D eigenvalue weighted by molar-refractivity contribution is -0.143. The first-order valence-corrected chi connectivity index (χ1v) is 6.30. The third-order valence-corrected chi connectivity index (χ3v) is 2.77. The standard InChI is InChI=1S/C15H20O3/c1-4-18-15(17)7-5-6-14(16)13-9-8-11(2)10-12(13)3/h8-10H,4-7H2,1-3H3. The van der Waals surface area contributed by atoms with Crippen LogP contribution in [0.3, 0.4) is 0 Å². The van der Waals surface area contributed by atoms with Gasteiger partial charge in [0.15, 0.2) is 5.78 Å². The van der Waals surface area contributed by atoms with Crippen LogP contribution < -0.4 is 0 Å². The van der Waals surface area contributed by atoms with Crippen molar-refractivity contribution in [3.8, 4) is 0 Å². The highest BCUT2D eigenvalue weighted by Crippen LogP contribution is 2.14. The number of ether oxygens (including phenoxy) is 1. The molecule has 0 aliphatic heterocycles. The topological polar surface area (TPSA) is 43.4 Å². The molecule has 1 rings (SSSR count). The van der Waals surface area contributed by atoms with Crippen molar-refractivity contribution in [1.82, 2.24) is 0 Å². The van der Waals surface area contributed by atoms with Crippen LogP contribution in [-0.2, 0) is 9.53 Å². The Bertz CT molecular complexity index is 435. The zero-order valence-corrected chi connectivity index (χ0v) is 11.3. The van der Waals surface area contributed by atoms with Gasteiger partial charge in [-0.2, -0.15) is 0 Å². The molecule has 0 aromatic heterocycles. The molecule has 0 aliphatic carbocycles. The number of hydrogen-bond donors (Lipinski definition) is 0. The molecule has 0 spiro atoms. The summed E-state index contributed by atoms with van der Waals surface area (Å²) in [6, 6.07) is 5.79. The van der Waals surface area contributed by atoms with Crippen molar-refractivity contribution in [2.24, 2.45) is 0 Å². The molecular weight excluding hydrogens is 228 g/mol. The summed E-state index contributed by atoms with van der Waals surface area (Å²) >= 11 is 0. The number of carbonyl (C=O) groups excluding carboxylic acids is 2. The van der Waals surface area contributed by atoms with Crippen LogP contribution >= 0.6 is 0 Å². The molecule has 3 heteroatoms. The van der Waals surface area contributed by atoms with Gasteiger partial charge in [0, 0.05) is 18.4 Å². The summed E-state index contributed by atoms with van der Waals surface area (Å²) in [7, 11) is 0. The minimum Gasteiger partial charge on any atom is -0.466 e. The monoisotopic (exact) mass is 248 g/mol.